The summed E-state index contributed by atoms with van der Waals surface area (Å²) >= 11 is 5.35. The number of hydrogen-bond acceptors (Lipinski definition) is 2. The van der Waals surface area contributed by atoms with E-state index in [9.17, 15) is 0 Å². The average Bonchev–Trinajstić information content (AvgIpc) is 2.88. The maximum atomic E-state index is 3.66. The molecule has 1 atom stereocenters. The van der Waals surface area contributed by atoms with Gasteiger partial charge in [0.2, 0.25) is 0 Å². The molecule has 0 saturated heterocycles. The van der Waals surface area contributed by atoms with Gasteiger partial charge in [0.15, 0.2) is 0 Å². The molecule has 0 aliphatic carbocycles. The zero-order valence-corrected chi connectivity index (χ0v) is 12.9. The molecule has 1 heterocycles. The zero-order valence-electron chi connectivity index (χ0n) is 10.5. The van der Waals surface area contributed by atoms with Gasteiger partial charge in [-0.05, 0) is 35.6 Å². The van der Waals surface area contributed by atoms with Crippen LogP contribution in [0.25, 0.3) is 0 Å². The van der Waals surface area contributed by atoms with Crippen molar-refractivity contribution in [3.05, 3.63) is 56.7 Å². The van der Waals surface area contributed by atoms with Crippen LogP contribution in [0.3, 0.4) is 0 Å². The van der Waals surface area contributed by atoms with Crippen LogP contribution in [0, 0.1) is 0 Å². The van der Waals surface area contributed by atoms with Crippen LogP contribution in [0.5, 0.6) is 0 Å². The van der Waals surface area contributed by atoms with Gasteiger partial charge in [-0.25, -0.2) is 0 Å². The predicted molar refractivity (Wildman–Crippen MR) is 82.9 cm³/mol. The van der Waals surface area contributed by atoms with Crippen molar-refractivity contribution in [2.75, 3.05) is 0 Å². The smallest absolute Gasteiger partial charge is 0.0417 e. The first kappa shape index (κ1) is 13.8. The summed E-state index contributed by atoms with van der Waals surface area (Å²) in [5.41, 5.74) is 1.32. The molecule has 0 amide bonds. The molecule has 2 aromatic rings. The van der Waals surface area contributed by atoms with E-state index < -0.39 is 0 Å². The second kappa shape index (κ2) is 7.07. The third-order valence-corrected chi connectivity index (χ3v) is 4.38. The first-order valence-corrected chi connectivity index (χ1v) is 7.98. The number of nitrogens with one attached hydrogen (secondary N) is 1. The molecule has 1 unspecified atom stereocenters. The standard InChI is InChI=1S/C15H18BrNS/c1-2-5-14(15-8-4-9-18-15)17-11-12-6-3-7-13(16)10-12/h3-4,6-10,14,17H,2,5,11H2,1H3. The van der Waals surface area contributed by atoms with Crippen molar-refractivity contribution < 1.29 is 0 Å². The number of thiophene rings is 1. The highest BCUT2D eigenvalue weighted by atomic mass is 79.9. The van der Waals surface area contributed by atoms with Crippen LogP contribution in [0.15, 0.2) is 46.3 Å². The van der Waals surface area contributed by atoms with Gasteiger partial charge in [0.25, 0.3) is 0 Å². The summed E-state index contributed by atoms with van der Waals surface area (Å²) in [5, 5.41) is 5.81. The molecular formula is C15H18BrNS. The minimum absolute atomic E-state index is 0.481. The monoisotopic (exact) mass is 323 g/mol. The molecule has 0 radical (unpaired) electrons. The van der Waals surface area contributed by atoms with Gasteiger partial charge in [-0.15, -0.1) is 11.3 Å². The van der Waals surface area contributed by atoms with Crippen LogP contribution >= 0.6 is 27.3 Å². The van der Waals surface area contributed by atoms with Gasteiger partial charge in [0, 0.05) is 21.9 Å². The first-order chi connectivity index (χ1) is 8.79. The van der Waals surface area contributed by atoms with Crippen molar-refractivity contribution in [2.45, 2.75) is 32.4 Å². The highest BCUT2D eigenvalue weighted by molar-refractivity contribution is 9.10. The van der Waals surface area contributed by atoms with Crippen molar-refractivity contribution in [3.8, 4) is 0 Å². The van der Waals surface area contributed by atoms with E-state index in [2.05, 4.69) is 69.9 Å². The maximum Gasteiger partial charge on any atom is 0.0417 e. The fourth-order valence-corrected chi connectivity index (χ4v) is 3.29. The van der Waals surface area contributed by atoms with Crippen LogP contribution in [-0.4, -0.2) is 0 Å². The molecule has 0 aliphatic rings. The number of rotatable bonds is 6. The molecule has 0 aliphatic heterocycles. The van der Waals surface area contributed by atoms with E-state index in [1.807, 2.05) is 11.3 Å². The zero-order chi connectivity index (χ0) is 12.8. The molecule has 1 aromatic carbocycles. The van der Waals surface area contributed by atoms with E-state index in [-0.39, 0.29) is 0 Å². The molecule has 96 valence electrons. The summed E-state index contributed by atoms with van der Waals surface area (Å²) in [6.45, 7) is 3.16. The Morgan fingerprint density at radius 1 is 1.28 bits per heavy atom. The van der Waals surface area contributed by atoms with Crippen molar-refractivity contribution in [2.24, 2.45) is 0 Å². The largest absolute Gasteiger partial charge is 0.305 e. The van der Waals surface area contributed by atoms with Crippen molar-refractivity contribution in [3.63, 3.8) is 0 Å². The Balaban J connectivity index is 1.98. The summed E-state index contributed by atoms with van der Waals surface area (Å²) in [6, 6.07) is 13.3. The second-order valence-electron chi connectivity index (χ2n) is 4.37. The molecule has 0 saturated carbocycles. The highest BCUT2D eigenvalue weighted by Gasteiger charge is 2.10. The topological polar surface area (TPSA) is 12.0 Å². The Labute approximate surface area is 121 Å². The fraction of sp³-hybridized carbons (Fsp3) is 0.333. The lowest BCUT2D eigenvalue weighted by Gasteiger charge is -2.16. The van der Waals surface area contributed by atoms with Gasteiger partial charge < -0.3 is 5.32 Å². The lowest BCUT2D eigenvalue weighted by molar-refractivity contribution is 0.500. The third kappa shape index (κ3) is 3.94. The summed E-state index contributed by atoms with van der Waals surface area (Å²) in [5.74, 6) is 0. The second-order valence-corrected chi connectivity index (χ2v) is 6.26. The Morgan fingerprint density at radius 2 is 2.17 bits per heavy atom. The van der Waals surface area contributed by atoms with Gasteiger partial charge in [-0.1, -0.05) is 47.5 Å². The third-order valence-electron chi connectivity index (χ3n) is 2.91. The molecule has 1 aromatic heterocycles. The van der Waals surface area contributed by atoms with Crippen LogP contribution in [0.1, 0.15) is 36.2 Å². The molecule has 0 spiro atoms. The average molecular weight is 324 g/mol. The van der Waals surface area contributed by atoms with E-state index in [0.717, 1.165) is 11.0 Å². The SMILES string of the molecule is CCCC(NCc1cccc(Br)c1)c1cccs1. The normalized spacial score (nSPS) is 12.6. The maximum absolute atomic E-state index is 3.66. The molecule has 0 bridgehead atoms. The predicted octanol–water partition coefficient (Wildman–Crippen LogP) is 5.14. The summed E-state index contributed by atoms with van der Waals surface area (Å²) in [4.78, 5) is 1.44. The van der Waals surface area contributed by atoms with Crippen LogP contribution < -0.4 is 5.32 Å². The van der Waals surface area contributed by atoms with E-state index >= 15 is 0 Å². The fourth-order valence-electron chi connectivity index (χ4n) is 2.01. The van der Waals surface area contributed by atoms with Crippen molar-refractivity contribution in [1.29, 1.82) is 0 Å². The quantitative estimate of drug-likeness (QED) is 0.775. The Hall–Kier alpha value is -0.640. The lowest BCUT2D eigenvalue weighted by Crippen LogP contribution is -2.19. The summed E-state index contributed by atoms with van der Waals surface area (Å²) < 4.78 is 1.14. The number of halogens is 1. The molecule has 1 N–H and O–H groups in total. The van der Waals surface area contributed by atoms with Gasteiger partial charge in [-0.3, -0.25) is 0 Å². The lowest BCUT2D eigenvalue weighted by atomic mass is 10.1. The van der Waals surface area contributed by atoms with Gasteiger partial charge in [-0.2, -0.15) is 0 Å². The Morgan fingerprint density at radius 3 is 2.83 bits per heavy atom. The summed E-state index contributed by atoms with van der Waals surface area (Å²) in [7, 11) is 0. The Bertz CT molecular complexity index is 467. The van der Waals surface area contributed by atoms with E-state index in [1.165, 1.54) is 23.3 Å². The van der Waals surface area contributed by atoms with Gasteiger partial charge in [0.1, 0.15) is 0 Å². The van der Waals surface area contributed by atoms with Crippen LogP contribution in [0.2, 0.25) is 0 Å². The molecule has 0 fully saturated rings. The summed E-state index contributed by atoms with van der Waals surface area (Å²) in [6.07, 6.45) is 2.39. The van der Waals surface area contributed by atoms with Gasteiger partial charge in [0.05, 0.1) is 0 Å². The molecular weight excluding hydrogens is 306 g/mol. The Kier molecular flexibility index (Phi) is 5.42. The first-order valence-electron chi connectivity index (χ1n) is 6.31. The van der Waals surface area contributed by atoms with E-state index in [1.54, 1.807) is 0 Å². The molecule has 2 rings (SSSR count). The van der Waals surface area contributed by atoms with Crippen LogP contribution in [0.4, 0.5) is 0 Å². The van der Waals surface area contributed by atoms with Crippen molar-refractivity contribution in [1.82, 2.24) is 5.32 Å². The number of benzene rings is 1. The number of hydrogen-bond donors (Lipinski definition) is 1. The van der Waals surface area contributed by atoms with E-state index in [4.69, 9.17) is 0 Å². The molecule has 18 heavy (non-hydrogen) atoms. The minimum Gasteiger partial charge on any atom is -0.305 e. The van der Waals surface area contributed by atoms with Crippen LogP contribution in [-0.2, 0) is 6.54 Å². The van der Waals surface area contributed by atoms with Crippen molar-refractivity contribution >= 4 is 27.3 Å². The molecule has 1 nitrogen and oxygen atoms in total. The highest BCUT2D eigenvalue weighted by Crippen LogP contribution is 2.23. The molecule has 3 heteroatoms. The minimum atomic E-state index is 0.481. The van der Waals surface area contributed by atoms with E-state index in [0.29, 0.717) is 6.04 Å². The van der Waals surface area contributed by atoms with Gasteiger partial charge >= 0.3 is 0 Å².